The Bertz CT molecular complexity index is 1290. The number of esters is 2. The third-order valence-corrected chi connectivity index (χ3v) is 6.13. The number of pyridine rings is 1. The summed E-state index contributed by atoms with van der Waals surface area (Å²) >= 11 is 12.5. The maximum Gasteiger partial charge on any atom is 0.328 e. The molecular formula is C28H28Cl2N2O7. The van der Waals surface area contributed by atoms with Crippen molar-refractivity contribution in [1.82, 2.24) is 10.3 Å². The summed E-state index contributed by atoms with van der Waals surface area (Å²) in [6, 6.07) is 14.9. The normalized spacial score (nSPS) is 12.3. The summed E-state index contributed by atoms with van der Waals surface area (Å²) in [5.74, 6) is -2.19. The number of rotatable bonds is 11. The SMILES string of the molecule is COc1ccnc(C(=O)N[C@@H](C)C(=O)O[C@@H](C)C(c2cccc(Cl)c2)c2cccc(Cl)c2)c1OCOC(C)=O. The number of nitrogens with one attached hydrogen (secondary N) is 1. The fourth-order valence-electron chi connectivity index (χ4n) is 3.88. The van der Waals surface area contributed by atoms with Gasteiger partial charge >= 0.3 is 11.9 Å². The zero-order valence-corrected chi connectivity index (χ0v) is 23.3. The van der Waals surface area contributed by atoms with Crippen LogP contribution in [-0.2, 0) is 19.1 Å². The Morgan fingerprint density at radius 3 is 2.13 bits per heavy atom. The quantitative estimate of drug-likeness (QED) is 0.246. The van der Waals surface area contributed by atoms with Gasteiger partial charge in [-0.05, 0) is 49.2 Å². The van der Waals surface area contributed by atoms with E-state index in [1.807, 2.05) is 24.3 Å². The molecule has 0 aliphatic heterocycles. The Hall–Kier alpha value is -3.82. The lowest BCUT2D eigenvalue weighted by molar-refractivity contribution is -0.151. The number of methoxy groups -OCH3 is 1. The third-order valence-electron chi connectivity index (χ3n) is 5.66. The van der Waals surface area contributed by atoms with E-state index in [-0.39, 0.29) is 23.1 Å². The highest BCUT2D eigenvalue weighted by Crippen LogP contribution is 2.33. The molecule has 2 aromatic carbocycles. The second kappa shape index (κ2) is 13.8. The fourth-order valence-corrected chi connectivity index (χ4v) is 4.27. The molecule has 0 fully saturated rings. The lowest BCUT2D eigenvalue weighted by atomic mass is 9.87. The van der Waals surface area contributed by atoms with Crippen LogP contribution in [0.2, 0.25) is 10.0 Å². The van der Waals surface area contributed by atoms with Crippen molar-refractivity contribution >= 4 is 41.0 Å². The van der Waals surface area contributed by atoms with E-state index >= 15 is 0 Å². The average molecular weight is 575 g/mol. The minimum Gasteiger partial charge on any atom is -0.493 e. The van der Waals surface area contributed by atoms with Crippen molar-refractivity contribution < 1.29 is 33.3 Å². The van der Waals surface area contributed by atoms with Crippen LogP contribution >= 0.6 is 23.2 Å². The molecule has 0 saturated heterocycles. The summed E-state index contributed by atoms with van der Waals surface area (Å²) in [6.07, 6.45) is 0.698. The Labute approximate surface area is 236 Å². The van der Waals surface area contributed by atoms with Crippen molar-refractivity contribution in [3.63, 3.8) is 0 Å². The first kappa shape index (κ1) is 29.7. The summed E-state index contributed by atoms with van der Waals surface area (Å²) in [5.41, 5.74) is 1.50. The number of ether oxygens (including phenoxy) is 4. The maximum absolute atomic E-state index is 13.1. The van der Waals surface area contributed by atoms with Gasteiger partial charge in [0.2, 0.25) is 6.79 Å². The van der Waals surface area contributed by atoms with Gasteiger partial charge in [-0.2, -0.15) is 0 Å². The molecule has 2 atom stereocenters. The zero-order chi connectivity index (χ0) is 28.5. The number of aromatic nitrogens is 1. The van der Waals surface area contributed by atoms with Crippen LogP contribution in [0.4, 0.5) is 0 Å². The lowest BCUT2D eigenvalue weighted by Crippen LogP contribution is -2.41. The van der Waals surface area contributed by atoms with Crippen LogP contribution in [0.5, 0.6) is 11.5 Å². The van der Waals surface area contributed by atoms with Crippen molar-refractivity contribution in [2.45, 2.75) is 38.8 Å². The van der Waals surface area contributed by atoms with Crippen molar-refractivity contribution in [3.8, 4) is 11.5 Å². The number of hydrogen-bond donors (Lipinski definition) is 1. The number of carbonyl (C=O) groups is 3. The predicted octanol–water partition coefficient (Wildman–Crippen LogP) is 5.18. The van der Waals surface area contributed by atoms with Gasteiger partial charge in [-0.1, -0.05) is 47.5 Å². The highest BCUT2D eigenvalue weighted by molar-refractivity contribution is 6.31. The van der Waals surface area contributed by atoms with Gasteiger partial charge in [-0.25, -0.2) is 9.78 Å². The topological polar surface area (TPSA) is 113 Å². The van der Waals surface area contributed by atoms with Gasteiger partial charge in [0.05, 0.1) is 7.11 Å². The first-order valence-electron chi connectivity index (χ1n) is 11.9. The summed E-state index contributed by atoms with van der Waals surface area (Å²) in [5, 5.41) is 3.64. The largest absolute Gasteiger partial charge is 0.493 e. The Balaban J connectivity index is 1.77. The number of halogens is 2. The van der Waals surface area contributed by atoms with Crippen molar-refractivity contribution in [1.29, 1.82) is 0 Å². The van der Waals surface area contributed by atoms with E-state index in [1.54, 1.807) is 31.2 Å². The molecule has 1 aromatic heterocycles. The summed E-state index contributed by atoms with van der Waals surface area (Å²) in [4.78, 5) is 41.2. The second-order valence-corrected chi connectivity index (χ2v) is 9.39. The molecule has 206 valence electrons. The molecule has 0 aliphatic rings. The Kier molecular flexibility index (Phi) is 10.5. The minimum atomic E-state index is -1.05. The van der Waals surface area contributed by atoms with E-state index < -0.39 is 36.8 Å². The van der Waals surface area contributed by atoms with Gasteiger partial charge in [0.15, 0.2) is 17.2 Å². The van der Waals surface area contributed by atoms with E-state index in [0.29, 0.717) is 10.0 Å². The Morgan fingerprint density at radius 2 is 1.59 bits per heavy atom. The van der Waals surface area contributed by atoms with Gasteiger partial charge < -0.3 is 24.3 Å². The lowest BCUT2D eigenvalue weighted by Gasteiger charge is -2.27. The number of nitrogens with zero attached hydrogens (tertiary/aromatic N) is 1. The summed E-state index contributed by atoms with van der Waals surface area (Å²) < 4.78 is 21.2. The van der Waals surface area contributed by atoms with Crippen LogP contribution in [0.3, 0.4) is 0 Å². The molecule has 3 aromatic rings. The van der Waals surface area contributed by atoms with E-state index in [4.69, 9.17) is 42.1 Å². The third kappa shape index (κ3) is 8.08. The second-order valence-electron chi connectivity index (χ2n) is 8.51. The van der Waals surface area contributed by atoms with Crippen LogP contribution in [0.15, 0.2) is 60.8 Å². The molecule has 0 spiro atoms. The number of amides is 1. The molecular weight excluding hydrogens is 547 g/mol. The van der Waals surface area contributed by atoms with Gasteiger partial charge in [0.25, 0.3) is 5.91 Å². The van der Waals surface area contributed by atoms with Crippen LogP contribution in [-0.4, -0.2) is 48.9 Å². The van der Waals surface area contributed by atoms with Crippen molar-refractivity contribution in [2.75, 3.05) is 13.9 Å². The fraction of sp³-hybridized carbons (Fsp3) is 0.286. The highest BCUT2D eigenvalue weighted by Gasteiger charge is 2.29. The summed E-state index contributed by atoms with van der Waals surface area (Å²) in [7, 11) is 1.38. The minimum absolute atomic E-state index is 0.0466. The summed E-state index contributed by atoms with van der Waals surface area (Å²) in [6.45, 7) is 4.00. The molecule has 3 rings (SSSR count). The first-order valence-corrected chi connectivity index (χ1v) is 12.7. The monoisotopic (exact) mass is 574 g/mol. The van der Waals surface area contributed by atoms with E-state index in [0.717, 1.165) is 11.1 Å². The smallest absolute Gasteiger partial charge is 0.328 e. The van der Waals surface area contributed by atoms with Crippen LogP contribution in [0.25, 0.3) is 0 Å². The zero-order valence-electron chi connectivity index (χ0n) is 21.8. The predicted molar refractivity (Wildman–Crippen MR) is 145 cm³/mol. The number of hydrogen-bond acceptors (Lipinski definition) is 8. The highest BCUT2D eigenvalue weighted by atomic mass is 35.5. The number of carbonyl (C=O) groups excluding carboxylic acids is 3. The molecule has 9 nitrogen and oxygen atoms in total. The van der Waals surface area contributed by atoms with Gasteiger partial charge in [0.1, 0.15) is 12.1 Å². The number of benzene rings is 2. The van der Waals surface area contributed by atoms with E-state index in [9.17, 15) is 14.4 Å². The van der Waals surface area contributed by atoms with E-state index in [2.05, 4.69) is 10.3 Å². The first-order chi connectivity index (χ1) is 18.6. The molecule has 1 heterocycles. The molecule has 1 amide bonds. The van der Waals surface area contributed by atoms with Crippen LogP contribution in [0.1, 0.15) is 48.3 Å². The van der Waals surface area contributed by atoms with Crippen molar-refractivity contribution in [3.05, 3.63) is 87.7 Å². The molecule has 0 saturated carbocycles. The molecule has 0 bridgehead atoms. The average Bonchev–Trinajstić information content (AvgIpc) is 2.88. The molecule has 39 heavy (non-hydrogen) atoms. The van der Waals surface area contributed by atoms with Crippen LogP contribution < -0.4 is 14.8 Å². The molecule has 0 radical (unpaired) electrons. The standard InChI is InChI=1S/C28H28Cl2N2O7/c1-16(32-27(34)25-26(38-15-37-18(3)33)23(36-4)11-12-31-25)28(35)39-17(2)24(19-7-5-9-21(29)13-19)20-8-6-10-22(30)14-20/h5-14,16-17,24H,15H2,1-4H3,(H,32,34)/t16-,17-/m0/s1. The van der Waals surface area contributed by atoms with E-state index in [1.165, 1.54) is 33.2 Å². The van der Waals surface area contributed by atoms with Gasteiger partial charge in [0, 0.05) is 35.2 Å². The van der Waals surface area contributed by atoms with Crippen LogP contribution in [0, 0.1) is 0 Å². The Morgan fingerprint density at radius 1 is 0.974 bits per heavy atom. The van der Waals surface area contributed by atoms with Crippen molar-refractivity contribution in [2.24, 2.45) is 0 Å². The maximum atomic E-state index is 13.1. The van der Waals surface area contributed by atoms with Gasteiger partial charge in [-0.15, -0.1) is 0 Å². The molecule has 11 heteroatoms. The molecule has 1 N–H and O–H groups in total. The van der Waals surface area contributed by atoms with Gasteiger partial charge in [-0.3, -0.25) is 9.59 Å². The molecule has 0 unspecified atom stereocenters. The molecule has 0 aliphatic carbocycles.